The van der Waals surface area contributed by atoms with Crippen LogP contribution in [0.15, 0.2) is 28.7 Å². The number of alkyl halides is 1. The van der Waals surface area contributed by atoms with Crippen molar-refractivity contribution in [3.05, 3.63) is 28.7 Å². The summed E-state index contributed by atoms with van der Waals surface area (Å²) in [6.07, 6.45) is 2.33. The van der Waals surface area contributed by atoms with Crippen LogP contribution in [-0.4, -0.2) is 37.0 Å². The maximum Gasteiger partial charge on any atom is 0.119 e. The van der Waals surface area contributed by atoms with Gasteiger partial charge in [-0.3, -0.25) is 0 Å². The predicted octanol–water partition coefficient (Wildman–Crippen LogP) is 3.78. The van der Waals surface area contributed by atoms with Crippen LogP contribution in [-0.2, 0) is 0 Å². The Kier molecular flexibility index (Phi) is 5.34. The maximum atomic E-state index is 5.98. The molecule has 100 valence electrons. The van der Waals surface area contributed by atoms with Crippen molar-refractivity contribution in [3.63, 3.8) is 0 Å². The largest absolute Gasteiger partial charge is 0.492 e. The SMILES string of the molecule is CN(CCOc1ccc(Br)cc1)CC1CC(Cl)C1. The van der Waals surface area contributed by atoms with Gasteiger partial charge in [0.05, 0.1) is 0 Å². The van der Waals surface area contributed by atoms with E-state index in [2.05, 4.69) is 27.9 Å². The van der Waals surface area contributed by atoms with Crippen LogP contribution in [0.5, 0.6) is 5.75 Å². The summed E-state index contributed by atoms with van der Waals surface area (Å²) >= 11 is 9.39. The third-order valence-corrected chi connectivity index (χ3v) is 4.19. The van der Waals surface area contributed by atoms with Crippen molar-refractivity contribution in [1.82, 2.24) is 4.90 Å². The Morgan fingerprint density at radius 1 is 1.33 bits per heavy atom. The molecule has 1 fully saturated rings. The average molecular weight is 333 g/mol. The lowest BCUT2D eigenvalue weighted by Crippen LogP contribution is -2.36. The van der Waals surface area contributed by atoms with Gasteiger partial charge < -0.3 is 9.64 Å². The topological polar surface area (TPSA) is 12.5 Å². The highest BCUT2D eigenvalue weighted by molar-refractivity contribution is 9.10. The quantitative estimate of drug-likeness (QED) is 0.735. The Labute approximate surface area is 122 Å². The van der Waals surface area contributed by atoms with E-state index in [0.29, 0.717) is 5.38 Å². The minimum absolute atomic E-state index is 0.419. The normalized spacial score (nSPS) is 22.9. The monoisotopic (exact) mass is 331 g/mol. The van der Waals surface area contributed by atoms with Crippen LogP contribution < -0.4 is 4.74 Å². The molecule has 1 aromatic carbocycles. The highest BCUT2D eigenvalue weighted by Crippen LogP contribution is 2.32. The van der Waals surface area contributed by atoms with Gasteiger partial charge >= 0.3 is 0 Å². The van der Waals surface area contributed by atoms with Crippen LogP contribution in [0.4, 0.5) is 0 Å². The molecular weight excluding hydrogens is 314 g/mol. The van der Waals surface area contributed by atoms with Crippen LogP contribution in [0, 0.1) is 5.92 Å². The highest BCUT2D eigenvalue weighted by Gasteiger charge is 2.27. The van der Waals surface area contributed by atoms with Gasteiger partial charge in [-0.15, -0.1) is 11.6 Å². The smallest absolute Gasteiger partial charge is 0.119 e. The van der Waals surface area contributed by atoms with Gasteiger partial charge in [0.1, 0.15) is 12.4 Å². The number of halogens is 2. The van der Waals surface area contributed by atoms with Gasteiger partial charge in [-0.1, -0.05) is 15.9 Å². The minimum atomic E-state index is 0.419. The summed E-state index contributed by atoms with van der Waals surface area (Å²) in [5.74, 6) is 1.71. The van der Waals surface area contributed by atoms with E-state index in [4.69, 9.17) is 16.3 Å². The number of benzene rings is 1. The first kappa shape index (κ1) is 14.2. The van der Waals surface area contributed by atoms with Gasteiger partial charge in [-0.05, 0) is 50.1 Å². The van der Waals surface area contributed by atoms with E-state index in [1.54, 1.807) is 0 Å². The Balaban J connectivity index is 1.61. The molecule has 0 atom stereocenters. The molecule has 2 nitrogen and oxygen atoms in total. The molecule has 0 unspecified atom stereocenters. The lowest BCUT2D eigenvalue weighted by atomic mass is 9.84. The highest BCUT2D eigenvalue weighted by atomic mass is 79.9. The summed E-state index contributed by atoms with van der Waals surface area (Å²) < 4.78 is 6.77. The van der Waals surface area contributed by atoms with Crippen molar-refractivity contribution in [3.8, 4) is 5.75 Å². The van der Waals surface area contributed by atoms with E-state index < -0.39 is 0 Å². The molecule has 0 amide bonds. The van der Waals surface area contributed by atoms with Gasteiger partial charge in [0.2, 0.25) is 0 Å². The summed E-state index contributed by atoms with van der Waals surface area (Å²) in [5, 5.41) is 0.419. The van der Waals surface area contributed by atoms with Crippen LogP contribution in [0.2, 0.25) is 0 Å². The fraction of sp³-hybridized carbons (Fsp3) is 0.571. The number of ether oxygens (including phenoxy) is 1. The van der Waals surface area contributed by atoms with Crippen molar-refractivity contribution < 1.29 is 4.74 Å². The summed E-state index contributed by atoms with van der Waals surface area (Å²) in [5.41, 5.74) is 0. The van der Waals surface area contributed by atoms with Crippen LogP contribution in [0.25, 0.3) is 0 Å². The summed E-state index contributed by atoms with van der Waals surface area (Å²) in [4.78, 5) is 2.33. The Hall–Kier alpha value is -0.250. The first-order valence-corrected chi connectivity index (χ1v) is 7.57. The Morgan fingerprint density at radius 2 is 2.00 bits per heavy atom. The number of likely N-dealkylation sites (N-methyl/N-ethyl adjacent to an activating group) is 1. The number of nitrogens with zero attached hydrogens (tertiary/aromatic N) is 1. The molecule has 0 N–H and O–H groups in total. The summed E-state index contributed by atoms with van der Waals surface area (Å²) in [6, 6.07) is 7.95. The lowest BCUT2D eigenvalue weighted by molar-refractivity contribution is 0.180. The average Bonchev–Trinajstić information content (AvgIpc) is 2.30. The first-order valence-electron chi connectivity index (χ1n) is 6.34. The molecular formula is C14H19BrClNO. The zero-order valence-corrected chi connectivity index (χ0v) is 13.0. The van der Waals surface area contributed by atoms with Gasteiger partial charge in [0.15, 0.2) is 0 Å². The third kappa shape index (κ3) is 4.45. The van der Waals surface area contributed by atoms with Gasteiger partial charge in [-0.2, -0.15) is 0 Å². The fourth-order valence-corrected chi connectivity index (χ4v) is 2.95. The molecule has 1 aliphatic carbocycles. The number of hydrogen-bond donors (Lipinski definition) is 0. The van der Waals surface area contributed by atoms with E-state index in [1.807, 2.05) is 24.3 Å². The molecule has 0 spiro atoms. The molecule has 2 rings (SSSR count). The Morgan fingerprint density at radius 3 is 2.61 bits per heavy atom. The molecule has 0 heterocycles. The lowest BCUT2D eigenvalue weighted by Gasteiger charge is -2.34. The molecule has 1 aliphatic rings. The van der Waals surface area contributed by atoms with Crippen LogP contribution >= 0.6 is 27.5 Å². The van der Waals surface area contributed by atoms with Gasteiger partial charge in [0, 0.05) is 22.9 Å². The summed E-state index contributed by atoms with van der Waals surface area (Å²) in [6.45, 7) is 2.82. The number of rotatable bonds is 6. The maximum absolute atomic E-state index is 5.98. The molecule has 0 bridgehead atoms. The molecule has 0 radical (unpaired) electrons. The predicted molar refractivity (Wildman–Crippen MR) is 79.5 cm³/mol. The van der Waals surface area contributed by atoms with E-state index in [-0.39, 0.29) is 0 Å². The van der Waals surface area contributed by atoms with E-state index in [1.165, 1.54) is 12.8 Å². The van der Waals surface area contributed by atoms with Crippen molar-refractivity contribution in [2.24, 2.45) is 5.92 Å². The molecule has 1 saturated carbocycles. The van der Waals surface area contributed by atoms with Gasteiger partial charge in [0.25, 0.3) is 0 Å². The Bertz CT molecular complexity index is 365. The molecule has 0 aliphatic heterocycles. The number of hydrogen-bond acceptors (Lipinski definition) is 2. The third-order valence-electron chi connectivity index (χ3n) is 3.30. The van der Waals surface area contributed by atoms with Crippen LogP contribution in [0.1, 0.15) is 12.8 Å². The second-order valence-corrected chi connectivity index (χ2v) is 6.53. The van der Waals surface area contributed by atoms with Crippen molar-refractivity contribution in [1.29, 1.82) is 0 Å². The minimum Gasteiger partial charge on any atom is -0.492 e. The molecule has 1 aromatic rings. The standard InChI is InChI=1S/C14H19BrClNO/c1-17(10-11-8-13(16)9-11)6-7-18-14-4-2-12(15)3-5-14/h2-5,11,13H,6-10H2,1H3. The van der Waals surface area contributed by atoms with E-state index in [9.17, 15) is 0 Å². The van der Waals surface area contributed by atoms with Crippen molar-refractivity contribution in [2.75, 3.05) is 26.7 Å². The van der Waals surface area contributed by atoms with Crippen molar-refractivity contribution in [2.45, 2.75) is 18.2 Å². The van der Waals surface area contributed by atoms with Crippen LogP contribution in [0.3, 0.4) is 0 Å². The fourth-order valence-electron chi connectivity index (χ4n) is 2.19. The second-order valence-electron chi connectivity index (χ2n) is 5.00. The van der Waals surface area contributed by atoms with E-state index in [0.717, 1.165) is 35.8 Å². The zero-order chi connectivity index (χ0) is 13.0. The molecule has 18 heavy (non-hydrogen) atoms. The molecule has 4 heteroatoms. The molecule has 0 saturated heterocycles. The first-order chi connectivity index (χ1) is 8.63. The second kappa shape index (κ2) is 6.78. The molecule has 0 aromatic heterocycles. The van der Waals surface area contributed by atoms with Crippen molar-refractivity contribution >= 4 is 27.5 Å². The zero-order valence-electron chi connectivity index (χ0n) is 10.6. The summed E-state index contributed by atoms with van der Waals surface area (Å²) in [7, 11) is 2.15. The van der Waals surface area contributed by atoms with E-state index >= 15 is 0 Å². The van der Waals surface area contributed by atoms with Gasteiger partial charge in [-0.25, -0.2) is 0 Å².